The number of hydrogen-bond donors (Lipinski definition) is 1. The average Bonchev–Trinajstić information content (AvgIpc) is 3.79. The van der Waals surface area contributed by atoms with Crippen LogP contribution in [-0.4, -0.2) is 69.7 Å². The van der Waals surface area contributed by atoms with Gasteiger partial charge in [-0.3, -0.25) is 13.8 Å². The van der Waals surface area contributed by atoms with Gasteiger partial charge < -0.3 is 24.0 Å². The van der Waals surface area contributed by atoms with Gasteiger partial charge in [-0.2, -0.15) is 15.2 Å². The van der Waals surface area contributed by atoms with Gasteiger partial charge in [0.15, 0.2) is 5.82 Å². The predicted octanol–water partition coefficient (Wildman–Crippen LogP) is 8.48. The van der Waals surface area contributed by atoms with Crippen LogP contribution in [0.3, 0.4) is 0 Å². The number of hydrogen-bond acceptors (Lipinski definition) is 9. The summed E-state index contributed by atoms with van der Waals surface area (Å²) in [7, 11) is 1.79. The van der Waals surface area contributed by atoms with E-state index in [4.69, 9.17) is 9.84 Å². The first kappa shape index (κ1) is 39.7. The third-order valence-corrected chi connectivity index (χ3v) is 14.7. The summed E-state index contributed by atoms with van der Waals surface area (Å²) in [4.78, 5) is 38.1. The lowest BCUT2D eigenvalue weighted by Gasteiger charge is -2.35. The number of H-pyrrole nitrogens is 1. The van der Waals surface area contributed by atoms with Gasteiger partial charge in [-0.05, 0) is 137 Å². The molecule has 13 nitrogen and oxygen atoms in total. The van der Waals surface area contributed by atoms with Crippen LogP contribution in [0.15, 0.2) is 71.9 Å². The van der Waals surface area contributed by atoms with Gasteiger partial charge in [0.1, 0.15) is 29.0 Å². The first-order chi connectivity index (χ1) is 30.2. The second-order valence-electron chi connectivity index (χ2n) is 18.3. The highest BCUT2D eigenvalue weighted by molar-refractivity contribution is 7.05. The number of ether oxygens (including phenoxy) is 1. The molecular formula is C47H48F2N10O3S. The van der Waals surface area contributed by atoms with Gasteiger partial charge >= 0.3 is 5.69 Å². The van der Waals surface area contributed by atoms with E-state index >= 15 is 13.6 Å². The van der Waals surface area contributed by atoms with Crippen molar-refractivity contribution in [1.82, 2.24) is 38.4 Å². The highest BCUT2D eigenvalue weighted by Crippen LogP contribution is 2.53. The molecule has 3 aliphatic heterocycles. The Morgan fingerprint density at radius 1 is 0.984 bits per heavy atom. The van der Waals surface area contributed by atoms with Crippen molar-refractivity contribution in [3.8, 4) is 5.69 Å². The molecule has 4 aliphatic rings. The minimum absolute atomic E-state index is 0.134. The molecule has 16 heteroatoms. The lowest BCUT2D eigenvalue weighted by atomic mass is 9.83. The highest BCUT2D eigenvalue weighted by Gasteiger charge is 2.52. The summed E-state index contributed by atoms with van der Waals surface area (Å²) in [5, 5.41) is 11.5. The topological polar surface area (TPSA) is 122 Å². The molecule has 0 spiro atoms. The number of aryl methyl sites for hydroxylation is 3. The van der Waals surface area contributed by atoms with Crippen LogP contribution >= 0.6 is 11.5 Å². The summed E-state index contributed by atoms with van der Waals surface area (Å²) in [5.74, 6) is 0.260. The zero-order valence-electron chi connectivity index (χ0n) is 36.1. The fourth-order valence-electron chi connectivity index (χ4n) is 10.4. The number of halogens is 2. The summed E-state index contributed by atoms with van der Waals surface area (Å²) >= 11 is 1.23. The lowest BCUT2D eigenvalue weighted by Crippen LogP contribution is -2.41. The lowest BCUT2D eigenvalue weighted by molar-refractivity contribution is -0.0592. The smallest absolute Gasteiger partial charge is 0.355 e. The van der Waals surface area contributed by atoms with Gasteiger partial charge in [0.2, 0.25) is 0 Å². The van der Waals surface area contributed by atoms with E-state index in [1.807, 2.05) is 50.8 Å². The van der Waals surface area contributed by atoms with Crippen LogP contribution < -0.4 is 15.5 Å². The molecular weight excluding hydrogens is 823 g/mol. The van der Waals surface area contributed by atoms with Crippen LogP contribution in [-0.2, 0) is 23.7 Å². The normalized spacial score (nSPS) is 20.3. The molecule has 1 amide bonds. The van der Waals surface area contributed by atoms with Gasteiger partial charge in [0, 0.05) is 55.5 Å². The van der Waals surface area contributed by atoms with Crippen molar-refractivity contribution in [2.75, 3.05) is 29.6 Å². The van der Waals surface area contributed by atoms with Crippen LogP contribution in [0.4, 0.5) is 20.3 Å². The summed E-state index contributed by atoms with van der Waals surface area (Å²) in [6.07, 6.45) is 9.07. The zero-order chi connectivity index (χ0) is 43.7. The Kier molecular flexibility index (Phi) is 8.94. The number of benzene rings is 3. The van der Waals surface area contributed by atoms with Crippen LogP contribution in [0, 0.1) is 25.5 Å². The summed E-state index contributed by atoms with van der Waals surface area (Å²) in [5.41, 5.74) is 5.91. The number of fused-ring (bicyclic) bond motifs is 3. The van der Waals surface area contributed by atoms with Crippen molar-refractivity contribution in [3.63, 3.8) is 0 Å². The summed E-state index contributed by atoms with van der Waals surface area (Å²) in [6.45, 7) is 11.2. The Morgan fingerprint density at radius 2 is 1.75 bits per heavy atom. The summed E-state index contributed by atoms with van der Waals surface area (Å²) in [6, 6.07) is 15.3. The third-order valence-electron chi connectivity index (χ3n) is 13.7. The zero-order valence-corrected chi connectivity index (χ0v) is 36.9. The van der Waals surface area contributed by atoms with Crippen LogP contribution in [0.2, 0.25) is 0 Å². The maximum absolute atomic E-state index is 16.1. The van der Waals surface area contributed by atoms with Gasteiger partial charge in [0.05, 0.1) is 51.4 Å². The number of anilines is 2. The highest BCUT2D eigenvalue weighted by atomic mass is 32.1. The van der Waals surface area contributed by atoms with E-state index in [0.29, 0.717) is 75.4 Å². The van der Waals surface area contributed by atoms with Gasteiger partial charge in [-0.1, -0.05) is 6.07 Å². The molecule has 11 rings (SSSR count). The number of aromatic nitrogens is 7. The van der Waals surface area contributed by atoms with Crippen molar-refractivity contribution in [3.05, 3.63) is 128 Å². The average molecular weight is 871 g/mol. The Morgan fingerprint density at radius 3 is 2.48 bits per heavy atom. The van der Waals surface area contributed by atoms with Crippen LogP contribution in [0.1, 0.15) is 102 Å². The molecule has 324 valence electrons. The number of carbonyl (C=O) groups excluding carboxylic acids is 1. The third kappa shape index (κ3) is 6.27. The predicted molar refractivity (Wildman–Crippen MR) is 239 cm³/mol. The van der Waals surface area contributed by atoms with Crippen molar-refractivity contribution in [1.29, 1.82) is 0 Å². The quantitative estimate of drug-likeness (QED) is 0.169. The molecule has 1 N–H and O–H groups in total. The Labute approximate surface area is 366 Å². The fraction of sp³-hybridized carbons (Fsp3) is 0.383. The number of amides is 1. The molecule has 1 unspecified atom stereocenters. The number of rotatable bonds is 7. The molecule has 1 aliphatic carbocycles. The number of nitrogens with zero attached hydrogens (tertiary/aromatic N) is 9. The molecule has 4 aromatic heterocycles. The van der Waals surface area contributed by atoms with E-state index in [1.54, 1.807) is 43.8 Å². The molecule has 2 fully saturated rings. The first-order valence-electron chi connectivity index (χ1n) is 21.6. The number of carbonyl (C=O) groups is 1. The molecule has 2 atom stereocenters. The van der Waals surface area contributed by atoms with Crippen molar-refractivity contribution in [2.45, 2.75) is 89.8 Å². The van der Waals surface area contributed by atoms with E-state index in [9.17, 15) is 4.79 Å². The molecule has 7 heterocycles. The van der Waals surface area contributed by atoms with Crippen LogP contribution in [0.25, 0.3) is 27.5 Å². The molecule has 1 saturated carbocycles. The maximum atomic E-state index is 16.1. The summed E-state index contributed by atoms with van der Waals surface area (Å²) < 4.78 is 45.7. The Hall–Kier alpha value is -6.13. The second kappa shape index (κ2) is 14.2. The largest absolute Gasteiger partial charge is 0.376 e. The standard InChI is InChI=1S/C47H48F2N10O3S/c1-26-19-32(20-27(2)40(26)48)59-42(56-17-16-55(25-56)37-10-9-36-33(41(37)49)24-50-54(36)6)39-28(3)57(15-11-34(39)52-59)43(60)38-22-31-21-29(30-12-18-62-46(4,5)23-30)7-8-35(31)58(38)47(13-14-47)44-51-45(61)53-63-44/h7-10,16-17,19-22,24,28,30H,11-15,18,23,25H2,1-6H3,(H,53,61)/t28-,30?/m0/s1. The number of aromatic amines is 1. The maximum Gasteiger partial charge on any atom is 0.355 e. The van der Waals surface area contributed by atoms with Crippen molar-refractivity contribution >= 4 is 50.8 Å². The Bertz CT molecular complexity index is 3090. The van der Waals surface area contributed by atoms with Crippen molar-refractivity contribution in [2.24, 2.45) is 7.05 Å². The van der Waals surface area contributed by atoms with E-state index in [0.717, 1.165) is 47.8 Å². The van der Waals surface area contributed by atoms with Gasteiger partial charge in [-0.15, -0.1) is 0 Å². The molecule has 0 bridgehead atoms. The number of nitrogens with one attached hydrogen (secondary N) is 1. The molecule has 0 radical (unpaired) electrons. The minimum Gasteiger partial charge on any atom is -0.376 e. The molecule has 1 saturated heterocycles. The van der Waals surface area contributed by atoms with Crippen molar-refractivity contribution < 1.29 is 18.3 Å². The molecule has 63 heavy (non-hydrogen) atoms. The van der Waals surface area contributed by atoms with E-state index in [1.165, 1.54) is 23.3 Å². The van der Waals surface area contributed by atoms with E-state index < -0.39 is 17.3 Å². The molecule has 3 aromatic carbocycles. The first-order valence-corrected chi connectivity index (χ1v) is 22.4. The SMILES string of the molecule is Cc1cc(-n2nc3c(c2N2C=CN(c4ccc5c(cnn5C)c4F)C2)[C@H](C)N(C(=O)c2cc4cc(C5CCOC(C)(C)C5)ccc4n2C2(c4nc(=O)[nH]s4)CC2)CC3)cc(C)c1F. The van der Waals surface area contributed by atoms with Gasteiger partial charge in [-0.25, -0.2) is 18.3 Å². The molecule has 7 aromatic rings. The second-order valence-corrected chi connectivity index (χ2v) is 19.1. The monoisotopic (exact) mass is 870 g/mol. The fourth-order valence-corrected chi connectivity index (χ4v) is 11.2. The Balaban J connectivity index is 1.01. The van der Waals surface area contributed by atoms with Gasteiger partial charge in [0.25, 0.3) is 5.91 Å². The van der Waals surface area contributed by atoms with E-state index in [-0.39, 0.29) is 29.8 Å². The minimum atomic E-state index is -0.630. The van der Waals surface area contributed by atoms with E-state index in [2.05, 4.69) is 51.1 Å². The van der Waals surface area contributed by atoms with Crippen LogP contribution in [0.5, 0.6) is 0 Å².